The zero-order valence-electron chi connectivity index (χ0n) is 11.2. The number of hydrogen-bond acceptors (Lipinski definition) is 6. The summed E-state index contributed by atoms with van der Waals surface area (Å²) in [6.07, 6.45) is 2.83. The van der Waals surface area contributed by atoms with Gasteiger partial charge in [-0.2, -0.15) is 0 Å². The first-order chi connectivity index (χ1) is 9.15. The number of ether oxygens (including phenoxy) is 1. The molecule has 0 radical (unpaired) electrons. The summed E-state index contributed by atoms with van der Waals surface area (Å²) in [4.78, 5) is 17.3. The van der Waals surface area contributed by atoms with Gasteiger partial charge in [-0.15, -0.1) is 21.5 Å². The summed E-state index contributed by atoms with van der Waals surface area (Å²) >= 11 is 1.63. The molecule has 0 amide bonds. The van der Waals surface area contributed by atoms with E-state index in [0.29, 0.717) is 19.0 Å². The molecule has 0 aromatic carbocycles. The monoisotopic (exact) mass is 280 g/mol. The number of esters is 1. The van der Waals surface area contributed by atoms with Crippen LogP contribution in [0.15, 0.2) is 6.20 Å². The summed E-state index contributed by atoms with van der Waals surface area (Å²) in [5, 5.41) is 8.74. The molecule has 2 rings (SSSR count). The first-order valence-electron chi connectivity index (χ1n) is 6.16. The summed E-state index contributed by atoms with van der Waals surface area (Å²) in [6.45, 7) is 6.48. The van der Waals surface area contributed by atoms with Crippen molar-refractivity contribution in [3.63, 3.8) is 0 Å². The molecule has 102 valence electrons. The Hall–Kier alpha value is -1.76. The van der Waals surface area contributed by atoms with Gasteiger partial charge < -0.3 is 4.74 Å². The molecular formula is C12H16N4O2S. The highest BCUT2D eigenvalue weighted by atomic mass is 32.1. The molecule has 0 bridgehead atoms. The van der Waals surface area contributed by atoms with E-state index in [0.717, 1.165) is 11.4 Å². The van der Waals surface area contributed by atoms with Gasteiger partial charge in [0.1, 0.15) is 10.8 Å². The van der Waals surface area contributed by atoms with E-state index < -0.39 is 5.97 Å². The van der Waals surface area contributed by atoms with Gasteiger partial charge in [-0.3, -0.25) is 4.57 Å². The van der Waals surface area contributed by atoms with Crippen LogP contribution in [0.5, 0.6) is 0 Å². The van der Waals surface area contributed by atoms with Crippen molar-refractivity contribution in [2.24, 2.45) is 0 Å². The first-order valence-corrected chi connectivity index (χ1v) is 6.97. The van der Waals surface area contributed by atoms with Crippen molar-refractivity contribution in [2.75, 3.05) is 6.61 Å². The van der Waals surface area contributed by atoms with Gasteiger partial charge in [-0.1, -0.05) is 6.92 Å². The van der Waals surface area contributed by atoms with Crippen LogP contribution in [0.4, 0.5) is 0 Å². The number of carbonyl (C=O) groups is 1. The predicted octanol–water partition coefficient (Wildman–Crippen LogP) is 1.83. The summed E-state index contributed by atoms with van der Waals surface area (Å²) < 4.78 is 6.70. The molecule has 0 unspecified atom stereocenters. The number of rotatable bonds is 5. The summed E-state index contributed by atoms with van der Waals surface area (Å²) in [5.74, 6) is 0.458. The van der Waals surface area contributed by atoms with Crippen LogP contribution in [0.25, 0.3) is 0 Å². The highest BCUT2D eigenvalue weighted by Gasteiger charge is 2.18. The van der Waals surface area contributed by atoms with Gasteiger partial charge in [0.15, 0.2) is 0 Å². The van der Waals surface area contributed by atoms with Crippen molar-refractivity contribution >= 4 is 17.3 Å². The zero-order valence-corrected chi connectivity index (χ0v) is 12.0. The summed E-state index contributed by atoms with van der Waals surface area (Å²) in [7, 11) is 0. The molecule has 0 aliphatic rings. The van der Waals surface area contributed by atoms with Gasteiger partial charge in [0.05, 0.1) is 13.2 Å². The third-order valence-electron chi connectivity index (χ3n) is 2.64. The Morgan fingerprint density at radius 2 is 2.21 bits per heavy atom. The molecule has 7 heteroatoms. The van der Waals surface area contributed by atoms with Crippen molar-refractivity contribution in [1.82, 2.24) is 19.7 Å². The molecule has 19 heavy (non-hydrogen) atoms. The van der Waals surface area contributed by atoms with Crippen LogP contribution in [0, 0.1) is 6.92 Å². The van der Waals surface area contributed by atoms with Crippen molar-refractivity contribution in [3.8, 4) is 0 Å². The second-order valence-corrected chi connectivity index (χ2v) is 5.15. The summed E-state index contributed by atoms with van der Waals surface area (Å²) in [6, 6.07) is 0. The van der Waals surface area contributed by atoms with E-state index in [-0.39, 0.29) is 5.82 Å². The Labute approximate surface area is 115 Å². The van der Waals surface area contributed by atoms with E-state index in [1.165, 1.54) is 4.88 Å². The predicted molar refractivity (Wildman–Crippen MR) is 71.3 cm³/mol. The van der Waals surface area contributed by atoms with Crippen LogP contribution in [-0.2, 0) is 17.7 Å². The number of hydrogen-bond donors (Lipinski definition) is 0. The number of nitrogens with zero attached hydrogens (tertiary/aromatic N) is 4. The Balaban J connectivity index is 2.24. The van der Waals surface area contributed by atoms with Gasteiger partial charge in [0.25, 0.3) is 0 Å². The van der Waals surface area contributed by atoms with Gasteiger partial charge in [0.2, 0.25) is 5.82 Å². The molecule has 2 aromatic rings. The van der Waals surface area contributed by atoms with E-state index in [1.807, 2.05) is 13.1 Å². The van der Waals surface area contributed by atoms with E-state index in [9.17, 15) is 4.79 Å². The van der Waals surface area contributed by atoms with Crippen molar-refractivity contribution in [1.29, 1.82) is 0 Å². The molecule has 2 heterocycles. The van der Waals surface area contributed by atoms with Crippen LogP contribution in [-0.4, -0.2) is 32.3 Å². The third kappa shape index (κ3) is 2.98. The molecule has 0 N–H and O–H groups in total. The minimum atomic E-state index is -0.449. The van der Waals surface area contributed by atoms with Gasteiger partial charge in [0, 0.05) is 11.1 Å². The number of aryl methyl sites for hydroxylation is 2. The minimum absolute atomic E-state index is 0.229. The largest absolute Gasteiger partial charge is 0.460 e. The molecule has 0 spiro atoms. The number of carbonyl (C=O) groups excluding carboxylic acids is 1. The van der Waals surface area contributed by atoms with Crippen LogP contribution in [0.3, 0.4) is 0 Å². The van der Waals surface area contributed by atoms with E-state index in [4.69, 9.17) is 4.74 Å². The Bertz CT molecular complexity index is 576. The Morgan fingerprint density at radius 1 is 1.42 bits per heavy atom. The van der Waals surface area contributed by atoms with Crippen LogP contribution in [0.2, 0.25) is 0 Å². The highest BCUT2D eigenvalue weighted by Crippen LogP contribution is 2.16. The molecule has 0 aliphatic carbocycles. The topological polar surface area (TPSA) is 69.9 Å². The fraction of sp³-hybridized carbons (Fsp3) is 0.500. The average Bonchev–Trinajstić information content (AvgIpc) is 2.98. The second-order valence-electron chi connectivity index (χ2n) is 3.95. The van der Waals surface area contributed by atoms with E-state index in [2.05, 4.69) is 22.1 Å². The fourth-order valence-electron chi connectivity index (χ4n) is 1.64. The number of aromatic nitrogens is 4. The smallest absolute Gasteiger partial charge is 0.376 e. The maximum atomic E-state index is 11.8. The maximum absolute atomic E-state index is 11.8. The van der Waals surface area contributed by atoms with Gasteiger partial charge >= 0.3 is 5.97 Å². The third-order valence-corrected chi connectivity index (χ3v) is 3.76. The maximum Gasteiger partial charge on any atom is 0.376 e. The lowest BCUT2D eigenvalue weighted by Gasteiger charge is -2.05. The van der Waals surface area contributed by atoms with Crippen molar-refractivity contribution < 1.29 is 9.53 Å². The summed E-state index contributed by atoms with van der Waals surface area (Å²) in [5.41, 5.74) is 0. The first kappa shape index (κ1) is 13.7. The highest BCUT2D eigenvalue weighted by molar-refractivity contribution is 7.11. The van der Waals surface area contributed by atoms with Crippen LogP contribution in [0.1, 0.15) is 40.2 Å². The molecule has 0 atom stereocenters. The molecule has 0 aliphatic heterocycles. The molecule has 2 aromatic heterocycles. The van der Waals surface area contributed by atoms with E-state index >= 15 is 0 Å². The lowest BCUT2D eigenvalue weighted by Crippen LogP contribution is -2.15. The molecular weight excluding hydrogens is 264 g/mol. The molecule has 0 saturated carbocycles. The van der Waals surface area contributed by atoms with Crippen molar-refractivity contribution in [3.05, 3.63) is 27.7 Å². The van der Waals surface area contributed by atoms with Crippen molar-refractivity contribution in [2.45, 2.75) is 33.7 Å². The van der Waals surface area contributed by atoms with Crippen LogP contribution >= 0.6 is 11.3 Å². The molecule has 6 nitrogen and oxygen atoms in total. The average molecular weight is 280 g/mol. The fourth-order valence-corrected chi connectivity index (χ4v) is 2.49. The molecule has 0 fully saturated rings. The SMILES string of the molecule is CCOC(=O)c1nnc(C)n1Cc1ncc(CC)s1. The number of thiazole rings is 1. The molecule has 0 saturated heterocycles. The second kappa shape index (κ2) is 5.92. The normalized spacial score (nSPS) is 10.7. The standard InChI is InChI=1S/C12H16N4O2S/c1-4-9-6-13-10(19-9)7-16-8(3)14-15-11(16)12(17)18-5-2/h6H,4-5,7H2,1-3H3. The zero-order chi connectivity index (χ0) is 13.8. The van der Waals surface area contributed by atoms with Crippen LogP contribution < -0.4 is 0 Å². The Kier molecular flexibility index (Phi) is 4.26. The van der Waals surface area contributed by atoms with E-state index in [1.54, 1.807) is 22.8 Å². The lowest BCUT2D eigenvalue weighted by atomic mass is 10.4. The van der Waals surface area contributed by atoms with Gasteiger partial charge in [-0.05, 0) is 20.3 Å². The lowest BCUT2D eigenvalue weighted by molar-refractivity contribution is 0.0506. The quantitative estimate of drug-likeness (QED) is 0.781. The Morgan fingerprint density at radius 3 is 2.84 bits per heavy atom. The van der Waals surface area contributed by atoms with Gasteiger partial charge in [-0.25, -0.2) is 9.78 Å². The minimum Gasteiger partial charge on any atom is -0.460 e.